The first-order chi connectivity index (χ1) is 8.80. The van der Waals surface area contributed by atoms with E-state index in [-0.39, 0.29) is 11.8 Å². The van der Waals surface area contributed by atoms with Crippen molar-refractivity contribution >= 4 is 11.9 Å². The van der Waals surface area contributed by atoms with Gasteiger partial charge in [-0.25, -0.2) is 0 Å². The Balaban J connectivity index is 1.90. The van der Waals surface area contributed by atoms with E-state index in [1.807, 2.05) is 4.90 Å². The number of aliphatic carboxylic acids is 1. The second-order valence-corrected chi connectivity index (χ2v) is 7.11. The Morgan fingerprint density at radius 1 is 1.11 bits per heavy atom. The molecule has 1 aliphatic carbocycles. The van der Waals surface area contributed by atoms with Crippen molar-refractivity contribution in [1.82, 2.24) is 4.90 Å². The lowest BCUT2D eigenvalue weighted by Gasteiger charge is -2.29. The molecule has 1 amide bonds. The Morgan fingerprint density at radius 2 is 1.79 bits per heavy atom. The summed E-state index contributed by atoms with van der Waals surface area (Å²) in [4.78, 5) is 25.0. The number of carboxylic acids is 1. The Morgan fingerprint density at radius 3 is 2.32 bits per heavy atom. The molecule has 4 nitrogen and oxygen atoms in total. The van der Waals surface area contributed by atoms with Gasteiger partial charge in [-0.15, -0.1) is 0 Å². The highest BCUT2D eigenvalue weighted by Gasteiger charge is 2.49. The minimum Gasteiger partial charge on any atom is -0.481 e. The lowest BCUT2D eigenvalue weighted by atomic mass is 9.77. The highest BCUT2D eigenvalue weighted by molar-refractivity contribution is 5.89. The van der Waals surface area contributed by atoms with E-state index in [1.165, 1.54) is 6.42 Å². The summed E-state index contributed by atoms with van der Waals surface area (Å²) in [6.45, 7) is 8.38. The van der Waals surface area contributed by atoms with Crippen molar-refractivity contribution in [2.45, 2.75) is 46.5 Å². The molecule has 19 heavy (non-hydrogen) atoms. The van der Waals surface area contributed by atoms with Crippen LogP contribution in [0.15, 0.2) is 0 Å². The van der Waals surface area contributed by atoms with Crippen LogP contribution in [0.2, 0.25) is 0 Å². The van der Waals surface area contributed by atoms with E-state index in [9.17, 15) is 9.59 Å². The number of hydrogen-bond acceptors (Lipinski definition) is 2. The lowest BCUT2D eigenvalue weighted by molar-refractivity contribution is -0.142. The summed E-state index contributed by atoms with van der Waals surface area (Å²) in [6, 6.07) is 0. The largest absolute Gasteiger partial charge is 0.481 e. The maximum Gasteiger partial charge on any atom is 0.307 e. The molecule has 1 aliphatic heterocycles. The highest BCUT2D eigenvalue weighted by Crippen LogP contribution is 2.41. The molecule has 2 rings (SSSR count). The quantitative estimate of drug-likeness (QED) is 0.835. The third-order valence-corrected chi connectivity index (χ3v) is 4.69. The molecule has 1 N–H and O–H groups in total. The number of carbonyl (C=O) groups excluding carboxylic acids is 1. The molecule has 3 atom stereocenters. The van der Waals surface area contributed by atoms with E-state index in [1.54, 1.807) is 0 Å². The summed E-state index contributed by atoms with van der Waals surface area (Å²) in [5.74, 6) is -0.764. The van der Waals surface area contributed by atoms with Gasteiger partial charge in [0.05, 0.1) is 11.8 Å². The van der Waals surface area contributed by atoms with Gasteiger partial charge in [0.15, 0.2) is 0 Å². The van der Waals surface area contributed by atoms with Crippen LogP contribution in [0.4, 0.5) is 0 Å². The average molecular weight is 267 g/mol. The van der Waals surface area contributed by atoms with Gasteiger partial charge in [0.25, 0.3) is 0 Å². The molecule has 1 heterocycles. The zero-order valence-corrected chi connectivity index (χ0v) is 12.2. The monoisotopic (exact) mass is 267 g/mol. The van der Waals surface area contributed by atoms with Crippen molar-refractivity contribution in [3.8, 4) is 0 Å². The van der Waals surface area contributed by atoms with Gasteiger partial charge >= 0.3 is 5.97 Å². The van der Waals surface area contributed by atoms with Crippen LogP contribution < -0.4 is 0 Å². The van der Waals surface area contributed by atoms with Crippen LogP contribution in [-0.4, -0.2) is 35.0 Å². The van der Waals surface area contributed by atoms with Crippen LogP contribution in [0.1, 0.15) is 46.5 Å². The van der Waals surface area contributed by atoms with E-state index in [2.05, 4.69) is 20.8 Å². The number of hydrogen-bond donors (Lipinski definition) is 1. The number of nitrogens with zero attached hydrogens (tertiary/aromatic N) is 1. The van der Waals surface area contributed by atoms with Gasteiger partial charge in [-0.1, -0.05) is 20.8 Å². The van der Waals surface area contributed by atoms with Gasteiger partial charge in [0.1, 0.15) is 0 Å². The minimum atomic E-state index is -0.819. The number of carboxylic acid groups (broad SMARTS) is 1. The summed E-state index contributed by atoms with van der Waals surface area (Å²) < 4.78 is 0. The average Bonchev–Trinajstić information content (AvgIpc) is 3.10. The van der Waals surface area contributed by atoms with Gasteiger partial charge in [-0.05, 0) is 37.0 Å². The van der Waals surface area contributed by atoms with Crippen molar-refractivity contribution in [2.24, 2.45) is 23.2 Å². The van der Waals surface area contributed by atoms with Gasteiger partial charge < -0.3 is 10.0 Å². The Kier molecular flexibility index (Phi) is 3.88. The number of rotatable bonds is 2. The molecular formula is C15H25NO3. The zero-order valence-electron chi connectivity index (χ0n) is 12.2. The fourth-order valence-corrected chi connectivity index (χ4v) is 3.16. The van der Waals surface area contributed by atoms with Crippen molar-refractivity contribution in [2.75, 3.05) is 13.1 Å². The van der Waals surface area contributed by atoms with E-state index >= 15 is 0 Å². The van der Waals surface area contributed by atoms with Crippen LogP contribution in [0.25, 0.3) is 0 Å². The maximum atomic E-state index is 12.2. The normalized spacial score (nSPS) is 31.7. The standard InChI is InChI=1S/C15H25NO3/c1-15(2,3)10-5-4-7-16(8-6-10)13(17)11-9-12(11)14(18)19/h10-12H,4-9H2,1-3H3,(H,18,19). The molecule has 1 saturated heterocycles. The lowest BCUT2D eigenvalue weighted by Crippen LogP contribution is -2.34. The molecule has 4 heteroatoms. The summed E-state index contributed by atoms with van der Waals surface area (Å²) in [5, 5.41) is 8.90. The number of likely N-dealkylation sites (tertiary alicyclic amines) is 1. The van der Waals surface area contributed by atoms with Crippen LogP contribution >= 0.6 is 0 Å². The van der Waals surface area contributed by atoms with E-state index in [4.69, 9.17) is 5.11 Å². The van der Waals surface area contributed by atoms with E-state index in [0.29, 0.717) is 17.8 Å². The summed E-state index contributed by atoms with van der Waals surface area (Å²) >= 11 is 0. The second-order valence-electron chi connectivity index (χ2n) is 7.11. The van der Waals surface area contributed by atoms with Crippen LogP contribution in [0.5, 0.6) is 0 Å². The topological polar surface area (TPSA) is 57.6 Å². The molecule has 0 aromatic carbocycles. The number of carbonyl (C=O) groups is 2. The fraction of sp³-hybridized carbons (Fsp3) is 0.867. The molecule has 3 unspecified atom stereocenters. The third kappa shape index (κ3) is 3.28. The molecule has 108 valence electrons. The Hall–Kier alpha value is -1.06. The first-order valence-corrected chi connectivity index (χ1v) is 7.32. The Labute approximate surface area is 115 Å². The summed E-state index contributed by atoms with van der Waals surface area (Å²) in [7, 11) is 0. The second kappa shape index (κ2) is 5.14. The molecule has 0 bridgehead atoms. The first kappa shape index (κ1) is 14.4. The molecule has 0 aromatic rings. The van der Waals surface area contributed by atoms with Gasteiger partial charge in [0, 0.05) is 13.1 Å². The maximum absolute atomic E-state index is 12.2. The summed E-state index contributed by atoms with van der Waals surface area (Å²) in [6.07, 6.45) is 3.78. The van der Waals surface area contributed by atoms with Crippen molar-refractivity contribution in [3.05, 3.63) is 0 Å². The molecule has 0 radical (unpaired) electrons. The molecule has 1 saturated carbocycles. The van der Waals surface area contributed by atoms with Crippen molar-refractivity contribution in [3.63, 3.8) is 0 Å². The van der Waals surface area contributed by atoms with Gasteiger partial charge in [-0.2, -0.15) is 0 Å². The van der Waals surface area contributed by atoms with Crippen LogP contribution in [0.3, 0.4) is 0 Å². The van der Waals surface area contributed by atoms with E-state index in [0.717, 1.165) is 25.9 Å². The first-order valence-electron chi connectivity index (χ1n) is 7.32. The van der Waals surface area contributed by atoms with Crippen molar-refractivity contribution in [1.29, 1.82) is 0 Å². The molecule has 0 spiro atoms. The third-order valence-electron chi connectivity index (χ3n) is 4.69. The van der Waals surface area contributed by atoms with Gasteiger partial charge in [0.2, 0.25) is 5.91 Å². The summed E-state index contributed by atoms with van der Waals surface area (Å²) in [5.41, 5.74) is 0.294. The van der Waals surface area contributed by atoms with E-state index < -0.39 is 11.9 Å². The van der Waals surface area contributed by atoms with Crippen LogP contribution in [0, 0.1) is 23.2 Å². The zero-order chi connectivity index (χ0) is 14.2. The smallest absolute Gasteiger partial charge is 0.307 e. The fourth-order valence-electron chi connectivity index (χ4n) is 3.16. The molecule has 0 aromatic heterocycles. The Bertz CT molecular complexity index is 372. The van der Waals surface area contributed by atoms with Gasteiger partial charge in [-0.3, -0.25) is 9.59 Å². The predicted octanol–water partition coefficient (Wildman–Crippen LogP) is 2.38. The predicted molar refractivity (Wildman–Crippen MR) is 72.6 cm³/mol. The highest BCUT2D eigenvalue weighted by atomic mass is 16.4. The van der Waals surface area contributed by atoms with Crippen molar-refractivity contribution < 1.29 is 14.7 Å². The molecular weight excluding hydrogens is 242 g/mol. The molecule has 2 aliphatic rings. The number of amides is 1. The van der Waals surface area contributed by atoms with Crippen LogP contribution in [-0.2, 0) is 9.59 Å². The minimum absolute atomic E-state index is 0.0713. The molecule has 2 fully saturated rings. The SMILES string of the molecule is CC(C)(C)C1CCCN(C(=O)C2CC2C(=O)O)CC1.